The van der Waals surface area contributed by atoms with Crippen molar-refractivity contribution in [1.29, 1.82) is 0 Å². The Morgan fingerprint density at radius 1 is 1.30 bits per heavy atom. The van der Waals surface area contributed by atoms with Crippen LogP contribution >= 0.6 is 23.4 Å². The van der Waals surface area contributed by atoms with Crippen molar-refractivity contribution in [2.45, 2.75) is 31.1 Å². The molecular weight excluding hydrogens is 458 g/mol. The Bertz CT molecular complexity index is 1290. The van der Waals surface area contributed by atoms with Crippen LogP contribution in [-0.4, -0.2) is 20.1 Å². The average molecular weight is 480 g/mol. The van der Waals surface area contributed by atoms with E-state index >= 15 is 0 Å². The SMILES string of the molecule is C=CN(/C=C\C)c1cc(C)nc2c(OCc3c(Cl)cncc3SCc3ncon3)cccc12. The molecule has 0 N–H and O–H groups in total. The Kier molecular flexibility index (Phi) is 7.26. The number of aryl methyl sites for hydroxylation is 1. The molecule has 0 unspecified atom stereocenters. The van der Waals surface area contributed by atoms with Gasteiger partial charge >= 0.3 is 0 Å². The third-order valence-corrected chi connectivity index (χ3v) is 6.19. The summed E-state index contributed by atoms with van der Waals surface area (Å²) in [5.41, 5.74) is 3.47. The second-order valence-electron chi connectivity index (χ2n) is 7.03. The van der Waals surface area contributed by atoms with Crippen molar-refractivity contribution in [1.82, 2.24) is 20.1 Å². The van der Waals surface area contributed by atoms with Gasteiger partial charge in [-0.15, -0.1) is 11.8 Å². The van der Waals surface area contributed by atoms with Crippen molar-refractivity contribution < 1.29 is 9.26 Å². The van der Waals surface area contributed by atoms with E-state index in [0.29, 0.717) is 22.3 Å². The highest BCUT2D eigenvalue weighted by atomic mass is 35.5. The number of hydrogen-bond donors (Lipinski definition) is 0. The molecule has 0 fully saturated rings. The van der Waals surface area contributed by atoms with Gasteiger partial charge in [0.1, 0.15) is 17.9 Å². The van der Waals surface area contributed by atoms with E-state index in [4.69, 9.17) is 25.8 Å². The van der Waals surface area contributed by atoms with E-state index < -0.39 is 0 Å². The van der Waals surface area contributed by atoms with Crippen molar-refractivity contribution in [2.75, 3.05) is 4.90 Å². The number of para-hydroxylation sites is 1. The van der Waals surface area contributed by atoms with E-state index in [0.717, 1.165) is 32.7 Å². The number of thioether (sulfide) groups is 1. The van der Waals surface area contributed by atoms with Crippen molar-refractivity contribution in [2.24, 2.45) is 0 Å². The number of aromatic nitrogens is 4. The Labute approximate surface area is 201 Å². The van der Waals surface area contributed by atoms with Crippen LogP contribution in [-0.2, 0) is 12.4 Å². The van der Waals surface area contributed by atoms with Gasteiger partial charge in [0.15, 0.2) is 5.82 Å². The topological polar surface area (TPSA) is 77.2 Å². The van der Waals surface area contributed by atoms with Crippen LogP contribution in [0.25, 0.3) is 10.9 Å². The van der Waals surface area contributed by atoms with E-state index in [2.05, 4.69) is 21.7 Å². The maximum atomic E-state index is 6.47. The molecule has 0 saturated heterocycles. The number of benzene rings is 1. The lowest BCUT2D eigenvalue weighted by Crippen LogP contribution is -2.08. The molecule has 0 aliphatic carbocycles. The van der Waals surface area contributed by atoms with Crippen LogP contribution in [0.5, 0.6) is 5.75 Å². The summed E-state index contributed by atoms with van der Waals surface area (Å²) >= 11 is 8.00. The minimum atomic E-state index is 0.264. The highest BCUT2D eigenvalue weighted by Crippen LogP contribution is 2.35. The van der Waals surface area contributed by atoms with Crippen LogP contribution in [0, 0.1) is 6.92 Å². The first-order valence-electron chi connectivity index (χ1n) is 10.2. The van der Waals surface area contributed by atoms with Crippen LogP contribution in [0.3, 0.4) is 0 Å². The van der Waals surface area contributed by atoms with Gasteiger partial charge in [0.25, 0.3) is 0 Å². The molecule has 0 radical (unpaired) electrons. The first kappa shape index (κ1) is 22.8. The molecule has 0 saturated carbocycles. The second kappa shape index (κ2) is 10.5. The Hall–Kier alpha value is -3.36. The summed E-state index contributed by atoms with van der Waals surface area (Å²) in [6.45, 7) is 8.12. The predicted octanol–water partition coefficient (Wildman–Crippen LogP) is 6.33. The monoisotopic (exact) mass is 479 g/mol. The standard InChI is InChI=1S/C24H22ClN5O2S/c1-4-9-30(5-2)20-10-16(3)28-24-17(20)7-6-8-21(24)31-13-18-19(25)11-26-12-22(18)33-14-23-27-15-32-29-23/h4-12,15H,2,13-14H2,1,3H3/b9-4-. The molecular formula is C24H22ClN5O2S. The third-order valence-electron chi connectivity index (χ3n) is 4.79. The number of allylic oxidation sites excluding steroid dienone is 1. The van der Waals surface area contributed by atoms with Gasteiger partial charge in [-0.3, -0.25) is 4.98 Å². The number of rotatable bonds is 9. The lowest BCUT2D eigenvalue weighted by atomic mass is 10.1. The van der Waals surface area contributed by atoms with Crippen molar-refractivity contribution in [3.05, 3.63) is 90.2 Å². The second-order valence-corrected chi connectivity index (χ2v) is 8.45. The van der Waals surface area contributed by atoms with E-state index in [-0.39, 0.29) is 6.61 Å². The average Bonchev–Trinajstić information content (AvgIpc) is 3.34. The molecule has 3 aromatic heterocycles. The predicted molar refractivity (Wildman–Crippen MR) is 131 cm³/mol. The van der Waals surface area contributed by atoms with E-state index in [1.54, 1.807) is 18.6 Å². The summed E-state index contributed by atoms with van der Waals surface area (Å²) < 4.78 is 11.0. The fourth-order valence-electron chi connectivity index (χ4n) is 3.32. The van der Waals surface area contributed by atoms with Crippen LogP contribution in [0.1, 0.15) is 24.0 Å². The molecule has 1 aromatic carbocycles. The van der Waals surface area contributed by atoms with Crippen molar-refractivity contribution in [3.8, 4) is 5.75 Å². The van der Waals surface area contributed by atoms with Gasteiger partial charge < -0.3 is 14.2 Å². The van der Waals surface area contributed by atoms with Crippen LogP contribution in [0.4, 0.5) is 5.69 Å². The summed E-state index contributed by atoms with van der Waals surface area (Å²) in [4.78, 5) is 15.9. The lowest BCUT2D eigenvalue weighted by Gasteiger charge is -2.19. The maximum absolute atomic E-state index is 6.47. The number of hydrogen-bond acceptors (Lipinski definition) is 8. The van der Waals surface area contributed by atoms with Crippen molar-refractivity contribution >= 4 is 40.0 Å². The zero-order valence-corrected chi connectivity index (χ0v) is 19.8. The largest absolute Gasteiger partial charge is 0.487 e. The highest BCUT2D eigenvalue weighted by molar-refractivity contribution is 7.98. The normalized spacial score (nSPS) is 11.2. The molecule has 3 heterocycles. The summed E-state index contributed by atoms with van der Waals surface area (Å²) in [6, 6.07) is 7.92. The van der Waals surface area contributed by atoms with E-state index in [1.807, 2.05) is 55.3 Å². The van der Waals surface area contributed by atoms with Gasteiger partial charge in [0, 0.05) is 46.3 Å². The fraction of sp³-hybridized carbons (Fsp3) is 0.167. The molecule has 0 aliphatic heterocycles. The zero-order valence-electron chi connectivity index (χ0n) is 18.2. The smallest absolute Gasteiger partial charge is 0.213 e. The Morgan fingerprint density at radius 3 is 2.94 bits per heavy atom. The van der Waals surface area contributed by atoms with Gasteiger partial charge in [-0.2, -0.15) is 4.98 Å². The number of nitrogens with zero attached hydrogens (tertiary/aromatic N) is 5. The highest BCUT2D eigenvalue weighted by Gasteiger charge is 2.15. The van der Waals surface area contributed by atoms with Crippen LogP contribution < -0.4 is 9.64 Å². The summed E-state index contributed by atoms with van der Waals surface area (Å²) in [6.07, 6.45) is 10.4. The number of ether oxygens (including phenoxy) is 1. The van der Waals surface area contributed by atoms with Gasteiger partial charge in [-0.25, -0.2) is 4.98 Å². The van der Waals surface area contributed by atoms with E-state index in [1.165, 1.54) is 18.2 Å². The van der Waals surface area contributed by atoms with Gasteiger partial charge in [0.2, 0.25) is 6.39 Å². The first-order valence-corrected chi connectivity index (χ1v) is 11.5. The molecule has 0 aliphatic rings. The number of halogens is 1. The quantitative estimate of drug-likeness (QED) is 0.258. The molecule has 0 amide bonds. The summed E-state index contributed by atoms with van der Waals surface area (Å²) in [7, 11) is 0. The van der Waals surface area contributed by atoms with Crippen LogP contribution in [0.2, 0.25) is 5.02 Å². The van der Waals surface area contributed by atoms with Gasteiger partial charge in [-0.05, 0) is 26.0 Å². The van der Waals surface area contributed by atoms with Crippen molar-refractivity contribution in [3.63, 3.8) is 0 Å². The molecule has 4 rings (SSSR count). The van der Waals surface area contributed by atoms with Gasteiger partial charge in [-0.1, -0.05) is 41.5 Å². The molecule has 0 spiro atoms. The molecule has 0 bridgehead atoms. The molecule has 7 nitrogen and oxygen atoms in total. The minimum absolute atomic E-state index is 0.264. The van der Waals surface area contributed by atoms with Gasteiger partial charge in [0.05, 0.1) is 16.5 Å². The Balaban J connectivity index is 1.64. The molecule has 33 heavy (non-hydrogen) atoms. The third kappa shape index (κ3) is 5.18. The lowest BCUT2D eigenvalue weighted by molar-refractivity contribution is 0.306. The van der Waals surface area contributed by atoms with Crippen LogP contribution in [0.15, 0.2) is 77.5 Å². The maximum Gasteiger partial charge on any atom is 0.213 e. The number of pyridine rings is 2. The summed E-state index contributed by atoms with van der Waals surface area (Å²) in [5, 5.41) is 5.34. The molecule has 4 aromatic rings. The molecule has 0 atom stereocenters. The molecule has 9 heteroatoms. The molecule has 168 valence electrons. The number of fused-ring (bicyclic) bond motifs is 1. The number of anilines is 1. The zero-order chi connectivity index (χ0) is 23.2. The first-order chi connectivity index (χ1) is 16.1. The van der Waals surface area contributed by atoms with E-state index in [9.17, 15) is 0 Å². The fourth-order valence-corrected chi connectivity index (χ4v) is 4.47. The minimum Gasteiger partial charge on any atom is -0.487 e. The summed E-state index contributed by atoms with van der Waals surface area (Å²) in [5.74, 6) is 1.80. The Morgan fingerprint density at radius 2 is 2.18 bits per heavy atom.